The first-order chi connectivity index (χ1) is 9.13. The summed E-state index contributed by atoms with van der Waals surface area (Å²) in [4.78, 5) is 0. The lowest BCUT2D eigenvalue weighted by Crippen LogP contribution is -2.19. The first-order valence-electron chi connectivity index (χ1n) is 5.23. The monoisotopic (exact) mass is 366 g/mol. The largest absolute Gasteiger partial charge is 0.522 e. The van der Waals surface area contributed by atoms with Crippen LogP contribution in [0.4, 0.5) is 26.3 Å². The van der Waals surface area contributed by atoms with Crippen LogP contribution in [0.25, 0.3) is 0 Å². The van der Waals surface area contributed by atoms with Crippen molar-refractivity contribution in [3.63, 3.8) is 0 Å². The molecule has 0 amide bonds. The van der Waals surface area contributed by atoms with E-state index >= 15 is 0 Å². The van der Waals surface area contributed by atoms with E-state index in [2.05, 4.69) is 20.7 Å². The summed E-state index contributed by atoms with van der Waals surface area (Å²) >= 11 is 3.02. The van der Waals surface area contributed by atoms with Crippen molar-refractivity contribution < 1.29 is 35.8 Å². The Bertz CT molecular complexity index is 444. The number of benzene rings is 1. The van der Waals surface area contributed by atoms with E-state index in [1.54, 1.807) is 0 Å². The van der Waals surface area contributed by atoms with Crippen molar-refractivity contribution in [2.24, 2.45) is 0 Å². The van der Waals surface area contributed by atoms with Gasteiger partial charge in [0, 0.05) is 5.33 Å². The summed E-state index contributed by atoms with van der Waals surface area (Å²) in [6.45, 7) is -1.53. The quantitative estimate of drug-likeness (QED) is 0.433. The van der Waals surface area contributed by atoms with Crippen molar-refractivity contribution in [1.82, 2.24) is 0 Å². The number of hydrogen-bond donors (Lipinski definition) is 0. The van der Waals surface area contributed by atoms with Crippen LogP contribution in [0.15, 0.2) is 18.2 Å². The van der Waals surface area contributed by atoms with Crippen LogP contribution in [0.5, 0.6) is 5.75 Å². The van der Waals surface area contributed by atoms with Gasteiger partial charge in [-0.05, 0) is 17.7 Å². The number of rotatable bonds is 5. The SMILES string of the molecule is FC(F)(F)OCCOc1ccc(CBr)cc1C(F)(F)F. The minimum absolute atomic E-state index is 0.216. The molecule has 20 heavy (non-hydrogen) atoms. The molecule has 9 heteroatoms. The van der Waals surface area contributed by atoms with Crippen LogP contribution in [-0.4, -0.2) is 19.6 Å². The zero-order chi connectivity index (χ0) is 15.4. The predicted octanol–water partition coefficient (Wildman–Crippen LogP) is 4.52. The van der Waals surface area contributed by atoms with Crippen LogP contribution >= 0.6 is 15.9 Å². The Kier molecular flexibility index (Phi) is 5.69. The zero-order valence-corrected chi connectivity index (χ0v) is 11.4. The Morgan fingerprint density at radius 3 is 2.15 bits per heavy atom. The molecule has 114 valence electrons. The van der Waals surface area contributed by atoms with Crippen molar-refractivity contribution in [2.75, 3.05) is 13.2 Å². The fourth-order valence-corrected chi connectivity index (χ4v) is 1.67. The second kappa shape index (κ2) is 6.66. The van der Waals surface area contributed by atoms with E-state index in [0.29, 0.717) is 5.56 Å². The molecule has 1 aromatic rings. The number of halogens is 7. The summed E-state index contributed by atoms with van der Waals surface area (Å²) in [6, 6.07) is 3.31. The van der Waals surface area contributed by atoms with Gasteiger partial charge in [-0.3, -0.25) is 4.74 Å². The predicted molar refractivity (Wildman–Crippen MR) is 61.6 cm³/mol. The van der Waals surface area contributed by atoms with E-state index < -0.39 is 37.1 Å². The molecular weight excluding hydrogens is 358 g/mol. The fraction of sp³-hybridized carbons (Fsp3) is 0.455. The summed E-state index contributed by atoms with van der Waals surface area (Å²) in [5.41, 5.74) is -0.669. The second-order valence-corrected chi connectivity index (χ2v) is 4.17. The van der Waals surface area contributed by atoms with Crippen molar-refractivity contribution in [3.8, 4) is 5.75 Å². The normalized spacial score (nSPS) is 12.6. The summed E-state index contributed by atoms with van der Waals surface area (Å²) in [5, 5.41) is 0.216. The summed E-state index contributed by atoms with van der Waals surface area (Å²) in [7, 11) is 0. The van der Waals surface area contributed by atoms with Crippen LogP contribution < -0.4 is 4.74 Å². The maximum atomic E-state index is 12.8. The van der Waals surface area contributed by atoms with E-state index in [0.717, 1.165) is 12.1 Å². The van der Waals surface area contributed by atoms with Gasteiger partial charge in [0.2, 0.25) is 0 Å². The van der Waals surface area contributed by atoms with Gasteiger partial charge < -0.3 is 4.74 Å². The lowest BCUT2D eigenvalue weighted by Gasteiger charge is -2.15. The number of hydrogen-bond acceptors (Lipinski definition) is 2. The van der Waals surface area contributed by atoms with E-state index in [9.17, 15) is 26.3 Å². The highest BCUT2D eigenvalue weighted by Crippen LogP contribution is 2.37. The van der Waals surface area contributed by atoms with Gasteiger partial charge in [0.25, 0.3) is 0 Å². The van der Waals surface area contributed by atoms with Crippen LogP contribution in [0.2, 0.25) is 0 Å². The molecule has 0 fully saturated rings. The molecule has 0 atom stereocenters. The molecule has 0 aliphatic carbocycles. The molecule has 0 saturated heterocycles. The minimum atomic E-state index is -4.84. The van der Waals surface area contributed by atoms with Crippen LogP contribution in [0.1, 0.15) is 11.1 Å². The highest BCUT2D eigenvalue weighted by molar-refractivity contribution is 9.08. The molecule has 0 heterocycles. The van der Waals surface area contributed by atoms with Crippen LogP contribution in [0.3, 0.4) is 0 Å². The van der Waals surface area contributed by atoms with Gasteiger partial charge >= 0.3 is 12.5 Å². The first-order valence-corrected chi connectivity index (χ1v) is 6.35. The average molecular weight is 367 g/mol. The summed E-state index contributed by atoms with van der Waals surface area (Å²) in [6.07, 6.45) is -9.49. The molecule has 0 aliphatic heterocycles. The molecule has 0 N–H and O–H groups in total. The van der Waals surface area contributed by atoms with E-state index in [4.69, 9.17) is 4.74 Å². The molecule has 0 saturated carbocycles. The highest BCUT2D eigenvalue weighted by atomic mass is 79.9. The third-order valence-electron chi connectivity index (χ3n) is 2.11. The lowest BCUT2D eigenvalue weighted by molar-refractivity contribution is -0.325. The van der Waals surface area contributed by atoms with Gasteiger partial charge in [0.1, 0.15) is 12.4 Å². The van der Waals surface area contributed by atoms with Gasteiger partial charge in [0.15, 0.2) is 0 Å². The Morgan fingerprint density at radius 1 is 1.00 bits per heavy atom. The van der Waals surface area contributed by atoms with Crippen LogP contribution in [-0.2, 0) is 16.2 Å². The standard InChI is InChI=1S/C11H9BrF6O2/c12-6-7-1-2-9(8(5-7)10(13,14)15)19-3-4-20-11(16,17)18/h1-2,5H,3-4,6H2. The molecule has 0 aromatic heterocycles. The maximum Gasteiger partial charge on any atom is 0.522 e. The van der Waals surface area contributed by atoms with Crippen LogP contribution in [0, 0.1) is 0 Å². The van der Waals surface area contributed by atoms with Gasteiger partial charge in [-0.25, -0.2) is 0 Å². The Balaban J connectivity index is 2.74. The molecule has 1 aromatic carbocycles. The molecule has 0 unspecified atom stereocenters. The molecule has 0 bridgehead atoms. The Labute approximate surface area is 118 Å². The summed E-state index contributed by atoms with van der Waals surface area (Å²) < 4.78 is 81.4. The number of ether oxygens (including phenoxy) is 2. The van der Waals surface area contributed by atoms with E-state index in [1.807, 2.05) is 0 Å². The second-order valence-electron chi connectivity index (χ2n) is 3.60. The summed E-state index contributed by atoms with van der Waals surface area (Å²) in [5.74, 6) is -0.534. The first kappa shape index (κ1) is 17.1. The fourth-order valence-electron chi connectivity index (χ4n) is 1.32. The highest BCUT2D eigenvalue weighted by Gasteiger charge is 2.35. The number of alkyl halides is 7. The Hall–Kier alpha value is -0.960. The minimum Gasteiger partial charge on any atom is -0.491 e. The van der Waals surface area contributed by atoms with Gasteiger partial charge in [-0.15, -0.1) is 13.2 Å². The average Bonchev–Trinajstić information content (AvgIpc) is 2.32. The Morgan fingerprint density at radius 2 is 1.65 bits per heavy atom. The third-order valence-corrected chi connectivity index (χ3v) is 2.76. The van der Waals surface area contributed by atoms with Crippen molar-refractivity contribution in [1.29, 1.82) is 0 Å². The maximum absolute atomic E-state index is 12.8. The molecule has 0 spiro atoms. The smallest absolute Gasteiger partial charge is 0.491 e. The van der Waals surface area contributed by atoms with Crippen molar-refractivity contribution in [2.45, 2.75) is 17.9 Å². The molecule has 1 rings (SSSR count). The van der Waals surface area contributed by atoms with Gasteiger partial charge in [-0.1, -0.05) is 22.0 Å². The molecular formula is C11H9BrF6O2. The zero-order valence-electron chi connectivity index (χ0n) is 9.82. The van der Waals surface area contributed by atoms with Crippen molar-refractivity contribution in [3.05, 3.63) is 29.3 Å². The van der Waals surface area contributed by atoms with Crippen molar-refractivity contribution >= 4 is 15.9 Å². The van der Waals surface area contributed by atoms with Gasteiger partial charge in [0.05, 0.1) is 12.2 Å². The lowest BCUT2D eigenvalue weighted by atomic mass is 10.1. The molecule has 0 radical (unpaired) electrons. The van der Waals surface area contributed by atoms with Gasteiger partial charge in [-0.2, -0.15) is 13.2 Å². The topological polar surface area (TPSA) is 18.5 Å². The third kappa shape index (κ3) is 5.58. The van der Waals surface area contributed by atoms with E-state index in [1.165, 1.54) is 6.07 Å². The molecule has 0 aliphatic rings. The molecule has 2 nitrogen and oxygen atoms in total. The van der Waals surface area contributed by atoms with E-state index in [-0.39, 0.29) is 5.33 Å².